The van der Waals surface area contributed by atoms with Gasteiger partial charge in [0.05, 0.1) is 6.10 Å². The standard InChI is InChI=1S/C15H21ClFNO/c1-3-18-10-15(6-7-19-11(15)2)9-12-4-5-13(16)8-14(12)17/h4-5,8,11,18H,3,6-7,9-10H2,1-2H3. The molecule has 0 amide bonds. The lowest BCUT2D eigenvalue weighted by molar-refractivity contribution is 0.0629. The van der Waals surface area contributed by atoms with Crippen LogP contribution in [-0.4, -0.2) is 25.8 Å². The summed E-state index contributed by atoms with van der Waals surface area (Å²) in [6.07, 6.45) is 1.79. The van der Waals surface area contributed by atoms with E-state index < -0.39 is 0 Å². The summed E-state index contributed by atoms with van der Waals surface area (Å²) in [5.41, 5.74) is 0.699. The molecule has 1 aliphatic heterocycles. The SMILES string of the molecule is CCNCC1(Cc2ccc(Cl)cc2F)CCOC1C. The van der Waals surface area contributed by atoms with E-state index >= 15 is 0 Å². The van der Waals surface area contributed by atoms with E-state index in [9.17, 15) is 4.39 Å². The number of halogens is 2. The Hall–Kier alpha value is -0.640. The molecule has 4 heteroatoms. The van der Waals surface area contributed by atoms with Gasteiger partial charge >= 0.3 is 0 Å². The van der Waals surface area contributed by atoms with Gasteiger partial charge in [0, 0.05) is 23.6 Å². The first-order chi connectivity index (χ1) is 9.07. The van der Waals surface area contributed by atoms with Crippen molar-refractivity contribution in [2.45, 2.75) is 32.8 Å². The minimum absolute atomic E-state index is 0.0231. The zero-order chi connectivity index (χ0) is 13.9. The third-order valence-electron chi connectivity index (χ3n) is 4.11. The summed E-state index contributed by atoms with van der Waals surface area (Å²) in [5.74, 6) is -0.220. The second-order valence-corrected chi connectivity index (χ2v) is 5.75. The summed E-state index contributed by atoms with van der Waals surface area (Å²) in [4.78, 5) is 0. The molecule has 1 heterocycles. The normalized spacial score (nSPS) is 26.8. The predicted molar refractivity (Wildman–Crippen MR) is 76.1 cm³/mol. The van der Waals surface area contributed by atoms with E-state index in [1.54, 1.807) is 12.1 Å². The van der Waals surface area contributed by atoms with Gasteiger partial charge in [-0.25, -0.2) is 4.39 Å². The van der Waals surface area contributed by atoms with E-state index in [0.717, 1.165) is 31.7 Å². The molecule has 1 N–H and O–H groups in total. The molecule has 1 aromatic carbocycles. The van der Waals surface area contributed by atoms with Crippen LogP contribution in [0.15, 0.2) is 18.2 Å². The van der Waals surface area contributed by atoms with Gasteiger partial charge in [-0.15, -0.1) is 0 Å². The average molecular weight is 286 g/mol. The summed E-state index contributed by atoms with van der Waals surface area (Å²) in [6.45, 7) is 6.68. The van der Waals surface area contributed by atoms with Gasteiger partial charge in [0.2, 0.25) is 0 Å². The Labute approximate surface area is 119 Å². The fourth-order valence-corrected chi connectivity index (χ4v) is 2.92. The summed E-state index contributed by atoms with van der Waals surface area (Å²) >= 11 is 5.80. The quantitative estimate of drug-likeness (QED) is 0.895. The first-order valence-electron chi connectivity index (χ1n) is 6.83. The summed E-state index contributed by atoms with van der Waals surface area (Å²) in [7, 11) is 0. The molecule has 1 fully saturated rings. The zero-order valence-electron chi connectivity index (χ0n) is 11.5. The minimum Gasteiger partial charge on any atom is -0.378 e. The topological polar surface area (TPSA) is 21.3 Å². The van der Waals surface area contributed by atoms with Gasteiger partial charge in [-0.3, -0.25) is 0 Å². The first kappa shape index (κ1) is 14.8. The van der Waals surface area contributed by atoms with Crippen molar-refractivity contribution in [3.8, 4) is 0 Å². The molecule has 0 bridgehead atoms. The number of ether oxygens (including phenoxy) is 1. The highest BCUT2D eigenvalue weighted by molar-refractivity contribution is 6.30. The van der Waals surface area contributed by atoms with Crippen molar-refractivity contribution in [3.05, 3.63) is 34.6 Å². The van der Waals surface area contributed by atoms with Crippen LogP contribution in [0.25, 0.3) is 0 Å². The van der Waals surface area contributed by atoms with Crippen LogP contribution >= 0.6 is 11.6 Å². The molecule has 0 saturated carbocycles. The Morgan fingerprint density at radius 3 is 2.89 bits per heavy atom. The molecule has 1 aliphatic rings. The number of nitrogens with one attached hydrogen (secondary N) is 1. The lowest BCUT2D eigenvalue weighted by atomic mass is 9.76. The van der Waals surface area contributed by atoms with Crippen LogP contribution in [0, 0.1) is 11.2 Å². The molecule has 106 valence electrons. The Morgan fingerprint density at radius 1 is 1.53 bits per heavy atom. The molecule has 0 radical (unpaired) electrons. The fraction of sp³-hybridized carbons (Fsp3) is 0.600. The first-order valence-corrected chi connectivity index (χ1v) is 7.21. The molecule has 2 unspecified atom stereocenters. The van der Waals surface area contributed by atoms with Crippen LogP contribution in [0.3, 0.4) is 0 Å². The van der Waals surface area contributed by atoms with Gasteiger partial charge in [-0.2, -0.15) is 0 Å². The van der Waals surface area contributed by atoms with Crippen LogP contribution in [0.1, 0.15) is 25.8 Å². The van der Waals surface area contributed by atoms with E-state index in [1.807, 2.05) is 0 Å². The molecule has 19 heavy (non-hydrogen) atoms. The van der Waals surface area contributed by atoms with E-state index in [-0.39, 0.29) is 17.3 Å². The second-order valence-electron chi connectivity index (χ2n) is 5.32. The summed E-state index contributed by atoms with van der Waals surface area (Å²) < 4.78 is 19.7. The van der Waals surface area contributed by atoms with Crippen molar-refractivity contribution >= 4 is 11.6 Å². The third kappa shape index (κ3) is 3.28. The van der Waals surface area contributed by atoms with E-state index in [2.05, 4.69) is 19.2 Å². The number of benzene rings is 1. The van der Waals surface area contributed by atoms with Crippen molar-refractivity contribution in [1.82, 2.24) is 5.32 Å². The number of rotatable bonds is 5. The third-order valence-corrected chi connectivity index (χ3v) is 4.35. The highest BCUT2D eigenvalue weighted by Crippen LogP contribution is 2.38. The van der Waals surface area contributed by atoms with Gasteiger partial charge in [0.25, 0.3) is 0 Å². The predicted octanol–water partition coefficient (Wildman–Crippen LogP) is 3.43. The summed E-state index contributed by atoms with van der Waals surface area (Å²) in [6, 6.07) is 4.93. The molecule has 2 nitrogen and oxygen atoms in total. The number of hydrogen-bond donors (Lipinski definition) is 1. The molecule has 0 aromatic heterocycles. The van der Waals surface area contributed by atoms with Gasteiger partial charge in [0.1, 0.15) is 5.82 Å². The van der Waals surface area contributed by atoms with Crippen molar-refractivity contribution in [1.29, 1.82) is 0 Å². The lowest BCUT2D eigenvalue weighted by Crippen LogP contribution is -2.41. The Morgan fingerprint density at radius 2 is 2.32 bits per heavy atom. The Balaban J connectivity index is 2.20. The van der Waals surface area contributed by atoms with Crippen molar-refractivity contribution in [2.75, 3.05) is 19.7 Å². The molecular formula is C15H21ClFNO. The minimum atomic E-state index is -0.220. The lowest BCUT2D eigenvalue weighted by Gasteiger charge is -2.33. The molecule has 0 spiro atoms. The van der Waals surface area contributed by atoms with Gasteiger partial charge < -0.3 is 10.1 Å². The fourth-order valence-electron chi connectivity index (χ4n) is 2.76. The van der Waals surface area contributed by atoms with Gasteiger partial charge in [-0.05, 0) is 44.0 Å². The summed E-state index contributed by atoms with van der Waals surface area (Å²) in [5, 5.41) is 3.83. The van der Waals surface area contributed by atoms with E-state index in [1.165, 1.54) is 6.07 Å². The Bertz CT molecular complexity index is 440. The molecule has 1 aromatic rings. The van der Waals surface area contributed by atoms with Crippen molar-refractivity contribution in [3.63, 3.8) is 0 Å². The van der Waals surface area contributed by atoms with E-state index in [4.69, 9.17) is 16.3 Å². The maximum absolute atomic E-state index is 14.0. The Kier molecular flexibility index (Phi) is 4.82. The van der Waals surface area contributed by atoms with E-state index in [0.29, 0.717) is 11.4 Å². The van der Waals surface area contributed by atoms with Crippen LogP contribution in [0.5, 0.6) is 0 Å². The maximum Gasteiger partial charge on any atom is 0.127 e. The van der Waals surface area contributed by atoms with Gasteiger partial charge in [0.15, 0.2) is 0 Å². The van der Waals surface area contributed by atoms with Crippen LogP contribution in [-0.2, 0) is 11.2 Å². The molecule has 2 atom stereocenters. The zero-order valence-corrected chi connectivity index (χ0v) is 12.3. The molecular weight excluding hydrogens is 265 g/mol. The molecule has 1 saturated heterocycles. The highest BCUT2D eigenvalue weighted by Gasteiger charge is 2.41. The number of hydrogen-bond acceptors (Lipinski definition) is 2. The largest absolute Gasteiger partial charge is 0.378 e. The van der Waals surface area contributed by atoms with Crippen LogP contribution in [0.2, 0.25) is 5.02 Å². The molecule has 0 aliphatic carbocycles. The molecule has 2 rings (SSSR count). The second kappa shape index (κ2) is 6.21. The highest BCUT2D eigenvalue weighted by atomic mass is 35.5. The average Bonchev–Trinajstić information content (AvgIpc) is 2.72. The monoisotopic (exact) mass is 285 g/mol. The van der Waals surface area contributed by atoms with Gasteiger partial charge in [-0.1, -0.05) is 24.6 Å². The van der Waals surface area contributed by atoms with Crippen LogP contribution < -0.4 is 5.32 Å². The van der Waals surface area contributed by atoms with Crippen molar-refractivity contribution in [2.24, 2.45) is 5.41 Å². The maximum atomic E-state index is 14.0. The van der Waals surface area contributed by atoms with Crippen LogP contribution in [0.4, 0.5) is 4.39 Å². The smallest absolute Gasteiger partial charge is 0.127 e. The van der Waals surface area contributed by atoms with Crippen molar-refractivity contribution < 1.29 is 9.13 Å².